The average Bonchev–Trinajstić information content (AvgIpc) is 2.50. The number of aliphatic hydroxyl groups excluding tert-OH is 3. The molecule has 1 aliphatic rings. The highest BCUT2D eigenvalue weighted by Gasteiger charge is 2.54. The molecule has 0 bridgehead atoms. The Morgan fingerprint density at radius 1 is 1.58 bits per heavy atom. The van der Waals surface area contributed by atoms with Crippen molar-refractivity contribution in [1.82, 2.24) is 5.32 Å². The number of hydrogen-bond donors (Lipinski definition) is 6. The van der Waals surface area contributed by atoms with Crippen LogP contribution in [0.15, 0.2) is 5.28 Å². The second kappa shape index (κ2) is 8.10. The van der Waals surface area contributed by atoms with Crippen molar-refractivity contribution in [3.8, 4) is 0 Å². The van der Waals surface area contributed by atoms with Crippen molar-refractivity contribution >= 4 is 11.9 Å². The first-order valence-corrected chi connectivity index (χ1v) is 6.74. The fourth-order valence-corrected chi connectivity index (χ4v) is 2.33. The maximum atomic E-state index is 11.3. The summed E-state index contributed by atoms with van der Waals surface area (Å²) >= 11 is 0. The van der Waals surface area contributed by atoms with Crippen LogP contribution in [0.25, 0.3) is 10.4 Å². The minimum Gasteiger partial charge on any atom is -0.477 e. The van der Waals surface area contributed by atoms with Gasteiger partial charge in [0.1, 0.15) is 17.5 Å². The Labute approximate surface area is 135 Å². The summed E-state index contributed by atoms with van der Waals surface area (Å²) in [5.41, 5.74) is 8.31. The molecular weight excluding hydrogens is 332 g/mol. The van der Waals surface area contributed by atoms with Crippen LogP contribution in [0, 0.1) is 0 Å². The first-order chi connectivity index (χ1) is 11.2. The Balaban J connectivity index is 3.25. The second-order valence-electron chi connectivity index (χ2n) is 5.16. The maximum absolute atomic E-state index is 11.3. The van der Waals surface area contributed by atoms with Crippen LogP contribution < -0.4 is 5.32 Å². The van der Waals surface area contributed by atoms with Gasteiger partial charge < -0.3 is 40.4 Å². The Kier molecular flexibility index (Phi) is 6.71. The smallest absolute Gasteiger partial charge is 0.364 e. The van der Waals surface area contributed by atoms with Crippen molar-refractivity contribution in [2.45, 2.75) is 49.6 Å². The van der Waals surface area contributed by atoms with E-state index >= 15 is 0 Å². The van der Waals surface area contributed by atoms with Gasteiger partial charge in [0.05, 0.1) is 18.8 Å². The molecule has 0 aromatic rings. The topological polar surface area (TPSA) is 215 Å². The Morgan fingerprint density at radius 3 is 2.67 bits per heavy atom. The molecule has 13 heteroatoms. The highest BCUT2D eigenvalue weighted by Crippen LogP contribution is 2.31. The van der Waals surface area contributed by atoms with E-state index in [9.17, 15) is 24.9 Å². The number of carbonyl (C=O) groups excluding carboxylic acids is 1. The average molecular weight is 350 g/mol. The summed E-state index contributed by atoms with van der Waals surface area (Å²) in [6.07, 6.45) is -7.47. The quantitative estimate of drug-likeness (QED) is 0.122. The molecule has 0 aliphatic carbocycles. The van der Waals surface area contributed by atoms with Gasteiger partial charge >= 0.3 is 5.97 Å². The standard InChI is InChI=1S/C11H18N4O9/c1-4(17)13-7-5(18)2-11(22,10(20)21)23-9(7)8(6(19)3-16)24-15-14-12/h5-9,16,18-19,22H,2-3H2,1H3,(H,13,17)(H,20,21)/t5-,6+,7+,8+,9+,11?/m0/s1. The number of nitrogens with zero attached hydrogens (tertiary/aromatic N) is 3. The van der Waals surface area contributed by atoms with Crippen LogP contribution >= 0.6 is 0 Å². The molecule has 1 fully saturated rings. The summed E-state index contributed by atoms with van der Waals surface area (Å²) < 4.78 is 5.00. The van der Waals surface area contributed by atoms with Crippen LogP contribution in [-0.2, 0) is 19.2 Å². The molecule has 136 valence electrons. The molecule has 6 atom stereocenters. The van der Waals surface area contributed by atoms with Gasteiger partial charge in [0.2, 0.25) is 5.91 Å². The molecule has 0 aromatic heterocycles. The molecule has 0 saturated carbocycles. The van der Waals surface area contributed by atoms with Crippen molar-refractivity contribution in [1.29, 1.82) is 0 Å². The molecule has 1 amide bonds. The number of ether oxygens (including phenoxy) is 1. The highest BCUT2D eigenvalue weighted by molar-refractivity contribution is 5.76. The molecule has 1 aliphatic heterocycles. The molecule has 13 nitrogen and oxygen atoms in total. The Morgan fingerprint density at radius 2 is 2.21 bits per heavy atom. The van der Waals surface area contributed by atoms with E-state index in [0.29, 0.717) is 0 Å². The number of nitrogens with one attached hydrogen (secondary N) is 1. The molecule has 6 N–H and O–H groups in total. The number of rotatable bonds is 7. The largest absolute Gasteiger partial charge is 0.477 e. The van der Waals surface area contributed by atoms with Gasteiger partial charge in [-0.15, -0.1) is 0 Å². The third-order valence-electron chi connectivity index (χ3n) is 3.38. The molecule has 1 rings (SSSR count). The van der Waals surface area contributed by atoms with E-state index in [4.69, 9.17) is 20.5 Å². The van der Waals surface area contributed by atoms with Gasteiger partial charge in [-0.2, -0.15) is 0 Å². The third-order valence-corrected chi connectivity index (χ3v) is 3.38. The van der Waals surface area contributed by atoms with Gasteiger partial charge in [0, 0.05) is 18.3 Å². The summed E-state index contributed by atoms with van der Waals surface area (Å²) in [5, 5.41) is 53.0. The van der Waals surface area contributed by atoms with Crippen molar-refractivity contribution in [2.24, 2.45) is 5.28 Å². The van der Waals surface area contributed by atoms with E-state index in [-0.39, 0.29) is 0 Å². The van der Waals surface area contributed by atoms with E-state index in [1.54, 1.807) is 0 Å². The number of carbonyl (C=O) groups is 2. The van der Waals surface area contributed by atoms with Crippen LogP contribution in [-0.4, -0.2) is 80.3 Å². The summed E-state index contributed by atoms with van der Waals surface area (Å²) in [7, 11) is 0. The van der Waals surface area contributed by atoms with Crippen LogP contribution in [0.3, 0.4) is 0 Å². The van der Waals surface area contributed by atoms with E-state index in [2.05, 4.69) is 20.3 Å². The first kappa shape index (κ1) is 19.9. The van der Waals surface area contributed by atoms with Gasteiger partial charge in [-0.1, -0.05) is 0 Å². The molecule has 0 radical (unpaired) electrons. The lowest BCUT2D eigenvalue weighted by atomic mass is 9.88. The Bertz CT molecular complexity index is 526. The number of carboxylic acid groups (broad SMARTS) is 1. The lowest BCUT2D eigenvalue weighted by Gasteiger charge is -2.45. The zero-order chi connectivity index (χ0) is 18.5. The molecule has 0 aromatic carbocycles. The zero-order valence-electron chi connectivity index (χ0n) is 12.5. The maximum Gasteiger partial charge on any atom is 0.364 e. The van der Waals surface area contributed by atoms with E-state index in [1.165, 1.54) is 0 Å². The van der Waals surface area contributed by atoms with E-state index in [0.717, 1.165) is 6.92 Å². The van der Waals surface area contributed by atoms with Gasteiger partial charge in [-0.25, -0.2) is 4.79 Å². The van der Waals surface area contributed by atoms with Gasteiger partial charge in [-0.3, -0.25) is 4.79 Å². The van der Waals surface area contributed by atoms with Crippen LogP contribution in [0.4, 0.5) is 0 Å². The Hall–Kier alpha value is -2.15. The molecular formula is C11H18N4O9. The van der Waals surface area contributed by atoms with Gasteiger partial charge in [0.25, 0.3) is 5.79 Å². The molecule has 0 spiro atoms. The van der Waals surface area contributed by atoms with Gasteiger partial charge in [-0.05, 0) is 5.53 Å². The molecule has 1 heterocycles. The molecule has 1 unspecified atom stereocenters. The van der Waals surface area contributed by atoms with Crippen molar-refractivity contribution < 1.29 is 44.7 Å². The monoisotopic (exact) mass is 350 g/mol. The van der Waals surface area contributed by atoms with Gasteiger partial charge in [0.15, 0.2) is 6.10 Å². The lowest BCUT2D eigenvalue weighted by molar-refractivity contribution is -0.299. The number of carboxylic acids is 1. The fourth-order valence-electron chi connectivity index (χ4n) is 2.33. The SMILES string of the molecule is CC(=O)N[C@H]1[C@H]([C@H](ON=[N+]=[N-])[C@H](O)CO)OC(O)(C(=O)O)C[C@@H]1O. The van der Waals surface area contributed by atoms with E-state index < -0.39 is 61.1 Å². The van der Waals surface area contributed by atoms with Crippen molar-refractivity contribution in [3.05, 3.63) is 10.4 Å². The summed E-state index contributed by atoms with van der Waals surface area (Å²) in [5.74, 6) is -5.30. The minimum atomic E-state index is -2.84. The minimum absolute atomic E-state index is 0.630. The molecule has 24 heavy (non-hydrogen) atoms. The fraction of sp³-hybridized carbons (Fsp3) is 0.818. The number of hydrogen-bond acceptors (Lipinski definition) is 9. The summed E-state index contributed by atoms with van der Waals surface area (Å²) in [6.45, 7) is 0.202. The zero-order valence-corrected chi connectivity index (χ0v) is 12.5. The van der Waals surface area contributed by atoms with Crippen molar-refractivity contribution in [2.75, 3.05) is 6.61 Å². The first-order valence-electron chi connectivity index (χ1n) is 6.74. The molecule has 1 saturated heterocycles. The third kappa shape index (κ3) is 4.44. The predicted octanol–water partition coefficient (Wildman–Crippen LogP) is -2.62. The summed E-state index contributed by atoms with van der Waals surface area (Å²) in [6, 6.07) is -1.32. The highest BCUT2D eigenvalue weighted by atomic mass is 16.7. The lowest BCUT2D eigenvalue weighted by Crippen LogP contribution is -2.67. The van der Waals surface area contributed by atoms with Crippen LogP contribution in [0.2, 0.25) is 0 Å². The number of aliphatic hydroxyl groups is 4. The summed E-state index contributed by atoms with van der Waals surface area (Å²) in [4.78, 5) is 29.4. The van der Waals surface area contributed by atoms with Crippen LogP contribution in [0.1, 0.15) is 13.3 Å². The predicted molar refractivity (Wildman–Crippen MR) is 72.8 cm³/mol. The number of azide groups is 1. The van der Waals surface area contributed by atoms with E-state index in [1.807, 2.05) is 0 Å². The van der Waals surface area contributed by atoms with Crippen molar-refractivity contribution in [3.63, 3.8) is 0 Å². The number of aliphatic carboxylic acids is 1. The normalized spacial score (nSPS) is 32.1. The number of amides is 1. The van der Waals surface area contributed by atoms with Crippen LogP contribution in [0.5, 0.6) is 0 Å². The second-order valence-corrected chi connectivity index (χ2v) is 5.16.